The molecule has 13 heavy (non-hydrogen) atoms. The maximum absolute atomic E-state index is 10.6. The number of carbonyl (C=O) groups excluding carboxylic acids is 1. The molecule has 0 amide bonds. The Balaban J connectivity index is 3.81. The lowest BCUT2D eigenvalue weighted by molar-refractivity contribution is -0.163. The molecule has 0 saturated carbocycles. The molecule has 1 N–H and O–H groups in total. The Bertz CT molecular complexity index is 176. The minimum atomic E-state index is -1.06. The summed E-state index contributed by atoms with van der Waals surface area (Å²) in [7, 11) is 0. The third-order valence-electron chi connectivity index (χ3n) is 1.65. The summed E-state index contributed by atoms with van der Waals surface area (Å²) in [5.74, 6) is -1.60. The number of hydrogen-bond donors (Lipinski definition) is 1. The first-order valence-electron chi connectivity index (χ1n) is 4.48. The van der Waals surface area contributed by atoms with Crippen molar-refractivity contribution in [3.8, 4) is 0 Å². The molecule has 0 aromatic carbocycles. The molecule has 0 aromatic rings. The number of ether oxygens (including phenoxy) is 1. The second-order valence-corrected chi connectivity index (χ2v) is 2.93. The Kier molecular flexibility index (Phi) is 5.93. The molecule has 0 fully saturated rings. The average Bonchev–Trinajstić information content (AvgIpc) is 2.02. The normalized spacial score (nSPS) is 12.2. The van der Waals surface area contributed by atoms with Crippen molar-refractivity contribution in [1.82, 2.24) is 0 Å². The summed E-state index contributed by atoms with van der Waals surface area (Å²) in [4.78, 5) is 21.1. The molecule has 1 atom stereocenters. The Hall–Kier alpha value is -1.06. The van der Waals surface area contributed by atoms with Gasteiger partial charge in [-0.05, 0) is 12.8 Å². The van der Waals surface area contributed by atoms with Crippen LogP contribution in [0.25, 0.3) is 0 Å². The van der Waals surface area contributed by atoms with Crippen LogP contribution >= 0.6 is 0 Å². The molecule has 0 unspecified atom stereocenters. The van der Waals surface area contributed by atoms with Crippen LogP contribution in [0.3, 0.4) is 0 Å². The molecule has 0 aliphatic rings. The Morgan fingerprint density at radius 1 is 1.38 bits per heavy atom. The lowest BCUT2D eigenvalue weighted by Crippen LogP contribution is -2.25. The van der Waals surface area contributed by atoms with Crippen molar-refractivity contribution in [1.29, 1.82) is 0 Å². The van der Waals surface area contributed by atoms with Crippen LogP contribution in [0.5, 0.6) is 0 Å². The van der Waals surface area contributed by atoms with Gasteiger partial charge in [-0.1, -0.05) is 19.8 Å². The smallest absolute Gasteiger partial charge is 0.345 e. The van der Waals surface area contributed by atoms with Crippen LogP contribution in [0.15, 0.2) is 0 Å². The van der Waals surface area contributed by atoms with Crippen LogP contribution in [-0.4, -0.2) is 23.1 Å². The van der Waals surface area contributed by atoms with E-state index in [0.717, 1.165) is 19.3 Å². The van der Waals surface area contributed by atoms with Crippen molar-refractivity contribution in [2.24, 2.45) is 0 Å². The zero-order valence-electron chi connectivity index (χ0n) is 8.08. The number of carboxylic acids is 1. The first-order chi connectivity index (χ1) is 6.07. The van der Waals surface area contributed by atoms with Gasteiger partial charge < -0.3 is 9.84 Å². The lowest BCUT2D eigenvalue weighted by Gasteiger charge is -2.11. The van der Waals surface area contributed by atoms with Gasteiger partial charge in [-0.15, -0.1) is 0 Å². The van der Waals surface area contributed by atoms with E-state index in [-0.39, 0.29) is 0 Å². The molecule has 0 rings (SSSR count). The minimum absolute atomic E-state index is 0.406. The monoisotopic (exact) mass is 188 g/mol. The molecular formula is C9H16O4. The van der Waals surface area contributed by atoms with E-state index in [9.17, 15) is 9.59 Å². The van der Waals surface area contributed by atoms with Crippen LogP contribution < -0.4 is 0 Å². The fraction of sp³-hybridized carbons (Fsp3) is 0.778. The fourth-order valence-corrected chi connectivity index (χ4v) is 1.01. The molecule has 0 bridgehead atoms. The Morgan fingerprint density at radius 2 is 2.00 bits per heavy atom. The van der Waals surface area contributed by atoms with Crippen molar-refractivity contribution in [2.75, 3.05) is 0 Å². The zero-order chi connectivity index (χ0) is 10.3. The molecule has 0 spiro atoms. The van der Waals surface area contributed by atoms with E-state index < -0.39 is 18.0 Å². The summed E-state index contributed by atoms with van der Waals surface area (Å²) in [6.07, 6.45) is 2.20. The van der Waals surface area contributed by atoms with Crippen LogP contribution in [0.2, 0.25) is 0 Å². The lowest BCUT2D eigenvalue weighted by atomic mass is 10.1. The van der Waals surface area contributed by atoms with E-state index in [1.165, 1.54) is 6.92 Å². The van der Waals surface area contributed by atoms with Crippen molar-refractivity contribution >= 4 is 11.9 Å². The van der Waals surface area contributed by atoms with Crippen LogP contribution in [0.4, 0.5) is 0 Å². The highest BCUT2D eigenvalue weighted by Gasteiger charge is 2.19. The quantitative estimate of drug-likeness (QED) is 0.507. The van der Waals surface area contributed by atoms with Gasteiger partial charge in [0.25, 0.3) is 0 Å². The number of unbranched alkanes of at least 4 members (excludes halogenated alkanes) is 2. The maximum atomic E-state index is 10.6. The number of hydrogen-bond acceptors (Lipinski definition) is 3. The summed E-state index contributed by atoms with van der Waals surface area (Å²) in [5, 5.41) is 8.64. The summed E-state index contributed by atoms with van der Waals surface area (Å²) in [6.45, 7) is 3.25. The summed E-state index contributed by atoms with van der Waals surface area (Å²) >= 11 is 0. The maximum Gasteiger partial charge on any atom is 0.345 e. The second kappa shape index (κ2) is 6.46. The van der Waals surface area contributed by atoms with E-state index >= 15 is 0 Å². The van der Waals surface area contributed by atoms with E-state index in [1.54, 1.807) is 0 Å². The minimum Gasteiger partial charge on any atom is -0.479 e. The summed E-state index contributed by atoms with van der Waals surface area (Å²) < 4.78 is 4.62. The fourth-order valence-electron chi connectivity index (χ4n) is 1.01. The van der Waals surface area contributed by atoms with Gasteiger partial charge in [0.05, 0.1) is 0 Å². The van der Waals surface area contributed by atoms with Gasteiger partial charge in [0.2, 0.25) is 0 Å². The Morgan fingerprint density at radius 3 is 2.38 bits per heavy atom. The van der Waals surface area contributed by atoms with E-state index in [4.69, 9.17) is 5.11 Å². The summed E-state index contributed by atoms with van der Waals surface area (Å²) in [5.41, 5.74) is 0. The number of rotatable bonds is 6. The van der Waals surface area contributed by atoms with E-state index in [1.807, 2.05) is 6.92 Å². The molecule has 0 saturated heterocycles. The first-order valence-corrected chi connectivity index (χ1v) is 4.48. The second-order valence-electron chi connectivity index (χ2n) is 2.93. The van der Waals surface area contributed by atoms with Gasteiger partial charge in [0.15, 0.2) is 6.10 Å². The topological polar surface area (TPSA) is 63.6 Å². The van der Waals surface area contributed by atoms with Gasteiger partial charge in [0, 0.05) is 6.92 Å². The van der Waals surface area contributed by atoms with Gasteiger partial charge in [0.1, 0.15) is 0 Å². The largest absolute Gasteiger partial charge is 0.479 e. The van der Waals surface area contributed by atoms with E-state index in [2.05, 4.69) is 4.74 Å². The highest BCUT2D eigenvalue weighted by molar-refractivity contribution is 5.76. The van der Waals surface area contributed by atoms with Gasteiger partial charge >= 0.3 is 11.9 Å². The highest BCUT2D eigenvalue weighted by Crippen LogP contribution is 2.07. The van der Waals surface area contributed by atoms with Gasteiger partial charge in [-0.25, -0.2) is 4.79 Å². The number of carbonyl (C=O) groups is 2. The SMILES string of the molecule is CCCCC[C@@H](OC(C)=O)C(=O)O. The highest BCUT2D eigenvalue weighted by atomic mass is 16.6. The summed E-state index contributed by atoms with van der Waals surface area (Å²) in [6, 6.07) is 0. The van der Waals surface area contributed by atoms with Gasteiger partial charge in [-0.3, -0.25) is 4.79 Å². The van der Waals surface area contributed by atoms with Crippen molar-refractivity contribution in [2.45, 2.75) is 45.6 Å². The van der Waals surface area contributed by atoms with Crippen LogP contribution in [0, 0.1) is 0 Å². The molecule has 0 radical (unpaired) electrons. The molecule has 76 valence electrons. The third kappa shape index (κ3) is 6.13. The number of carboxylic acid groups (broad SMARTS) is 1. The molecule has 0 heterocycles. The Labute approximate surface area is 77.9 Å². The van der Waals surface area contributed by atoms with Crippen molar-refractivity contribution in [3.63, 3.8) is 0 Å². The van der Waals surface area contributed by atoms with Crippen LogP contribution in [-0.2, 0) is 14.3 Å². The average molecular weight is 188 g/mol. The standard InChI is InChI=1S/C9H16O4/c1-3-4-5-6-8(9(11)12)13-7(2)10/h8H,3-6H2,1-2H3,(H,11,12)/t8-/m1/s1. The molecular weight excluding hydrogens is 172 g/mol. The van der Waals surface area contributed by atoms with E-state index in [0.29, 0.717) is 6.42 Å². The zero-order valence-corrected chi connectivity index (χ0v) is 8.08. The molecule has 0 aliphatic carbocycles. The molecule has 0 aliphatic heterocycles. The molecule has 4 heteroatoms. The molecule has 4 nitrogen and oxygen atoms in total. The number of esters is 1. The third-order valence-corrected chi connectivity index (χ3v) is 1.65. The van der Waals surface area contributed by atoms with Crippen LogP contribution in [0.1, 0.15) is 39.5 Å². The van der Waals surface area contributed by atoms with Crippen molar-refractivity contribution < 1.29 is 19.4 Å². The predicted octanol–water partition coefficient (Wildman–Crippen LogP) is 1.58. The van der Waals surface area contributed by atoms with Gasteiger partial charge in [-0.2, -0.15) is 0 Å². The molecule has 0 aromatic heterocycles. The van der Waals surface area contributed by atoms with Crippen molar-refractivity contribution in [3.05, 3.63) is 0 Å². The predicted molar refractivity (Wildman–Crippen MR) is 47.3 cm³/mol. The first kappa shape index (κ1) is 11.9. The number of aliphatic carboxylic acids is 1.